The van der Waals surface area contributed by atoms with E-state index in [-0.39, 0.29) is 17.0 Å². The molecule has 33 heavy (non-hydrogen) atoms. The zero-order valence-electron chi connectivity index (χ0n) is 20.7. The summed E-state index contributed by atoms with van der Waals surface area (Å²) < 4.78 is 6.19. The standard InChI is InChI=1S/C29H40OPSi.BrH/c1-25(2)29(3,4)32-30-23-15-8-16-24-31(26-17-9-5-10-18-26,27-19-11-6-12-20-27)28-21-13-7-14-22-28;/h5-7,9-14,17-22,25H,8,15-16,23-24,32H2,1-4H3;1H/q+1;/p-1. The smallest absolute Gasteiger partial charge is 0.167 e. The zero-order valence-corrected chi connectivity index (χ0v) is 24.6. The molecule has 0 aliphatic rings. The van der Waals surface area contributed by atoms with Gasteiger partial charge in [0.1, 0.15) is 23.2 Å². The molecule has 0 amide bonds. The molecule has 0 unspecified atom stereocenters. The van der Waals surface area contributed by atoms with E-state index in [1.165, 1.54) is 41.3 Å². The van der Waals surface area contributed by atoms with Gasteiger partial charge < -0.3 is 21.4 Å². The first-order valence-electron chi connectivity index (χ1n) is 12.1. The van der Waals surface area contributed by atoms with Crippen molar-refractivity contribution in [3.63, 3.8) is 0 Å². The quantitative estimate of drug-likeness (QED) is 0.194. The molecule has 0 spiro atoms. The summed E-state index contributed by atoms with van der Waals surface area (Å²) in [7, 11) is -2.17. The average Bonchev–Trinajstić information content (AvgIpc) is 2.82. The van der Waals surface area contributed by atoms with E-state index in [0.717, 1.165) is 6.61 Å². The molecule has 3 aromatic rings. The van der Waals surface area contributed by atoms with Crippen molar-refractivity contribution in [2.45, 2.75) is 52.0 Å². The highest BCUT2D eigenvalue weighted by atomic mass is 79.9. The number of hydrogen-bond acceptors (Lipinski definition) is 1. The monoisotopic (exact) mass is 542 g/mol. The van der Waals surface area contributed by atoms with E-state index < -0.39 is 17.0 Å². The van der Waals surface area contributed by atoms with Crippen LogP contribution in [0.25, 0.3) is 0 Å². The third kappa shape index (κ3) is 7.36. The Balaban J connectivity index is 0.00000385. The normalized spacial score (nSPS) is 12.3. The fraction of sp³-hybridized carbons (Fsp3) is 0.379. The molecule has 1 nitrogen and oxygen atoms in total. The summed E-state index contributed by atoms with van der Waals surface area (Å²) in [6.45, 7) is 10.3. The Morgan fingerprint density at radius 1 is 0.697 bits per heavy atom. The van der Waals surface area contributed by atoms with E-state index in [4.69, 9.17) is 4.43 Å². The lowest BCUT2D eigenvalue weighted by molar-refractivity contribution is -0.00000712. The van der Waals surface area contributed by atoms with Gasteiger partial charge in [-0.25, -0.2) is 0 Å². The van der Waals surface area contributed by atoms with Crippen molar-refractivity contribution in [1.29, 1.82) is 0 Å². The van der Waals surface area contributed by atoms with Gasteiger partial charge in [0.15, 0.2) is 9.76 Å². The maximum atomic E-state index is 6.19. The molecule has 0 bridgehead atoms. The van der Waals surface area contributed by atoms with E-state index in [9.17, 15) is 0 Å². The first kappa shape index (κ1) is 28.0. The van der Waals surface area contributed by atoms with Crippen LogP contribution >= 0.6 is 7.26 Å². The molecule has 3 aromatic carbocycles. The highest BCUT2D eigenvalue weighted by molar-refractivity contribution is 7.95. The Labute approximate surface area is 215 Å². The van der Waals surface area contributed by atoms with Gasteiger partial charge in [0.25, 0.3) is 0 Å². The predicted octanol–water partition coefficient (Wildman–Crippen LogP) is 3.11. The van der Waals surface area contributed by atoms with Crippen LogP contribution in [0.3, 0.4) is 0 Å². The number of hydrogen-bond donors (Lipinski definition) is 0. The summed E-state index contributed by atoms with van der Waals surface area (Å²) in [5, 5.41) is 4.84. The molecule has 0 N–H and O–H groups in total. The second kappa shape index (κ2) is 13.6. The van der Waals surface area contributed by atoms with E-state index in [1.54, 1.807) is 0 Å². The zero-order chi connectivity index (χ0) is 22.9. The van der Waals surface area contributed by atoms with Crippen molar-refractivity contribution in [2.75, 3.05) is 12.8 Å². The summed E-state index contributed by atoms with van der Waals surface area (Å²) in [6, 6.07) is 33.7. The number of unbranched alkanes of at least 4 members (excludes halogenated alkanes) is 2. The number of benzene rings is 3. The summed E-state index contributed by atoms with van der Waals surface area (Å²) in [6.07, 6.45) is 4.83. The van der Waals surface area contributed by atoms with Crippen molar-refractivity contribution in [3.05, 3.63) is 91.0 Å². The Morgan fingerprint density at radius 3 is 1.52 bits per heavy atom. The second-order valence-corrected chi connectivity index (χ2v) is 15.9. The van der Waals surface area contributed by atoms with Gasteiger partial charge >= 0.3 is 0 Å². The van der Waals surface area contributed by atoms with Crippen LogP contribution in [0.5, 0.6) is 0 Å². The minimum Gasteiger partial charge on any atom is -1.00 e. The topological polar surface area (TPSA) is 9.23 Å². The molecule has 0 fully saturated rings. The summed E-state index contributed by atoms with van der Waals surface area (Å²) >= 11 is 0. The summed E-state index contributed by atoms with van der Waals surface area (Å²) in [4.78, 5) is 0. The van der Waals surface area contributed by atoms with Gasteiger partial charge in [0, 0.05) is 6.61 Å². The molecule has 0 atom stereocenters. The predicted molar refractivity (Wildman–Crippen MR) is 147 cm³/mol. The van der Waals surface area contributed by atoms with Crippen LogP contribution in [0.2, 0.25) is 5.04 Å². The van der Waals surface area contributed by atoms with Crippen LogP contribution in [-0.2, 0) is 4.43 Å². The summed E-state index contributed by atoms with van der Waals surface area (Å²) in [5.74, 6) is 0.696. The molecule has 0 aliphatic heterocycles. The summed E-state index contributed by atoms with van der Waals surface area (Å²) in [5.41, 5.74) is 0. The fourth-order valence-corrected chi connectivity index (χ4v) is 9.73. The minimum atomic E-state index is -1.68. The van der Waals surface area contributed by atoms with Crippen LogP contribution < -0.4 is 32.9 Å². The Bertz CT molecular complexity index is 819. The molecule has 0 heterocycles. The Kier molecular flexibility index (Phi) is 11.5. The van der Waals surface area contributed by atoms with Crippen molar-refractivity contribution >= 4 is 32.9 Å². The lowest BCUT2D eigenvalue weighted by Gasteiger charge is -2.28. The maximum absolute atomic E-state index is 6.19. The van der Waals surface area contributed by atoms with Gasteiger partial charge in [-0.2, -0.15) is 0 Å². The number of halogens is 1. The van der Waals surface area contributed by atoms with Crippen LogP contribution in [0.4, 0.5) is 0 Å². The molecule has 4 heteroatoms. The Hall–Kier alpha value is -1.25. The van der Waals surface area contributed by atoms with Crippen molar-refractivity contribution in [2.24, 2.45) is 5.92 Å². The van der Waals surface area contributed by atoms with Crippen molar-refractivity contribution < 1.29 is 21.4 Å². The third-order valence-electron chi connectivity index (χ3n) is 6.91. The van der Waals surface area contributed by atoms with Gasteiger partial charge in [0.05, 0.1) is 6.16 Å². The molecule has 0 aliphatic carbocycles. The molecular formula is C29H40BrOPSi. The molecular weight excluding hydrogens is 503 g/mol. The first-order valence-corrected chi connectivity index (χ1v) is 15.4. The highest BCUT2D eigenvalue weighted by Gasteiger charge is 2.44. The van der Waals surface area contributed by atoms with Gasteiger partial charge in [-0.3, -0.25) is 0 Å². The largest absolute Gasteiger partial charge is 1.00 e. The lowest BCUT2D eigenvalue weighted by Crippen LogP contribution is -3.00. The minimum absolute atomic E-state index is 0. The average molecular weight is 544 g/mol. The molecule has 178 valence electrons. The van der Waals surface area contributed by atoms with E-state index >= 15 is 0 Å². The SMILES string of the molecule is CC(C)C(C)(C)[SiH2]OCCCCC[P+](c1ccccc1)(c1ccccc1)c1ccccc1.[Br-]. The van der Waals surface area contributed by atoms with E-state index in [1.807, 2.05) is 0 Å². The molecule has 0 radical (unpaired) electrons. The molecule has 0 saturated carbocycles. The second-order valence-electron chi connectivity index (χ2n) is 9.80. The molecule has 0 aromatic heterocycles. The number of rotatable bonds is 12. The van der Waals surface area contributed by atoms with Crippen molar-refractivity contribution in [1.82, 2.24) is 0 Å². The third-order valence-corrected chi connectivity index (χ3v) is 13.5. The maximum Gasteiger partial charge on any atom is 0.167 e. The lowest BCUT2D eigenvalue weighted by atomic mass is 9.99. The van der Waals surface area contributed by atoms with Gasteiger partial charge in [0.2, 0.25) is 0 Å². The van der Waals surface area contributed by atoms with Gasteiger partial charge in [-0.1, -0.05) is 82.3 Å². The van der Waals surface area contributed by atoms with Crippen LogP contribution in [-0.4, -0.2) is 22.5 Å². The van der Waals surface area contributed by atoms with E-state index in [0.29, 0.717) is 11.0 Å². The first-order chi connectivity index (χ1) is 15.5. The van der Waals surface area contributed by atoms with Crippen LogP contribution in [0.1, 0.15) is 47.0 Å². The van der Waals surface area contributed by atoms with Crippen LogP contribution in [0, 0.1) is 5.92 Å². The van der Waals surface area contributed by atoms with Crippen LogP contribution in [0.15, 0.2) is 91.0 Å². The van der Waals surface area contributed by atoms with Gasteiger partial charge in [-0.15, -0.1) is 0 Å². The molecule has 0 saturated heterocycles. The molecule has 3 rings (SSSR count). The highest BCUT2D eigenvalue weighted by Crippen LogP contribution is 2.55. The fourth-order valence-electron chi connectivity index (χ4n) is 4.11. The van der Waals surface area contributed by atoms with E-state index in [2.05, 4.69) is 119 Å². The Morgan fingerprint density at radius 2 is 1.12 bits per heavy atom. The van der Waals surface area contributed by atoms with Crippen molar-refractivity contribution in [3.8, 4) is 0 Å². The van der Waals surface area contributed by atoms with Gasteiger partial charge in [-0.05, 0) is 66.6 Å².